The van der Waals surface area contributed by atoms with Gasteiger partial charge in [-0.3, -0.25) is 14.9 Å². The first kappa shape index (κ1) is 29.7. The Balaban J connectivity index is 1.11. The smallest absolute Gasteiger partial charge is 0.257 e. The van der Waals surface area contributed by atoms with Gasteiger partial charge in [0.2, 0.25) is 5.91 Å². The highest BCUT2D eigenvalue weighted by Crippen LogP contribution is 2.57. The van der Waals surface area contributed by atoms with Crippen LogP contribution in [0.1, 0.15) is 78.9 Å². The van der Waals surface area contributed by atoms with E-state index in [1.807, 2.05) is 24.0 Å². The first-order valence-corrected chi connectivity index (χ1v) is 17.0. The highest BCUT2D eigenvalue weighted by molar-refractivity contribution is 7.15. The number of nitrogens with zero attached hydrogens (tertiary/aromatic N) is 2. The minimum absolute atomic E-state index is 0.0279. The molecule has 3 heterocycles. The summed E-state index contributed by atoms with van der Waals surface area (Å²) in [7, 11) is 2.26. The summed E-state index contributed by atoms with van der Waals surface area (Å²) in [5.74, 6) is -0.0202. The maximum atomic E-state index is 13.2. The number of piperazine rings is 1. The Morgan fingerprint density at radius 2 is 1.86 bits per heavy atom. The first-order valence-electron chi connectivity index (χ1n) is 16.1. The summed E-state index contributed by atoms with van der Waals surface area (Å²) >= 11 is 1.58. The van der Waals surface area contributed by atoms with E-state index in [4.69, 9.17) is 4.98 Å². The highest BCUT2D eigenvalue weighted by Gasteiger charge is 2.54. The molecular weight excluding hydrogens is 546 g/mol. The van der Waals surface area contributed by atoms with Crippen LogP contribution in [-0.4, -0.2) is 79.2 Å². The van der Waals surface area contributed by atoms with Gasteiger partial charge in [-0.25, -0.2) is 4.98 Å². The number of quaternary nitrogens is 2. The number of hydrogen-bond donors (Lipinski definition) is 4. The minimum atomic E-state index is -0.541. The normalized spacial score (nSPS) is 33.5. The molecule has 4 aliphatic rings. The van der Waals surface area contributed by atoms with Gasteiger partial charge in [-0.05, 0) is 61.5 Å². The van der Waals surface area contributed by atoms with Gasteiger partial charge in [0.25, 0.3) is 5.91 Å². The number of likely N-dealkylation sites (tertiary alicyclic amines) is 1. The van der Waals surface area contributed by atoms with Crippen molar-refractivity contribution in [2.45, 2.75) is 71.4 Å². The number of rotatable bonds is 6. The molecule has 2 aliphatic heterocycles. The summed E-state index contributed by atoms with van der Waals surface area (Å²) in [5, 5.41) is 15.5. The van der Waals surface area contributed by atoms with Gasteiger partial charge in [0, 0.05) is 40.9 Å². The number of nitrogens with one attached hydrogen (secondary N) is 3. The van der Waals surface area contributed by atoms with Crippen LogP contribution in [-0.2, 0) is 17.8 Å². The quantitative estimate of drug-likeness (QED) is 0.409. The second kappa shape index (κ2) is 12.0. The standard InChI is InChI=1S/C33H47N5O3S/c1-21(31(41)38-13-5-6-14-38)25-11-12-33(3)19-26-28(22(2)27(33)29(25)39)34-32(42-26)35-30(40)24-9-7-23(8-10-24)20-37-17-15-36(4)16-18-37/h7-10,21-22,25,27,29,39H,5-6,11-20H2,1-4H3,(H,34,35,40)/p+2/t21-,22-,25+,27+,29-,33+/m0/s1. The lowest BCUT2D eigenvalue weighted by molar-refractivity contribution is -1.01. The Labute approximate surface area is 254 Å². The van der Waals surface area contributed by atoms with Crippen LogP contribution >= 0.6 is 11.3 Å². The summed E-state index contributed by atoms with van der Waals surface area (Å²) in [6.07, 6.45) is 4.34. The first-order chi connectivity index (χ1) is 20.1. The van der Waals surface area contributed by atoms with Gasteiger partial charge in [0.1, 0.15) is 32.7 Å². The van der Waals surface area contributed by atoms with Gasteiger partial charge in [-0.1, -0.05) is 32.9 Å². The number of benzene rings is 1. The van der Waals surface area contributed by atoms with E-state index in [1.165, 1.54) is 36.6 Å². The van der Waals surface area contributed by atoms with Crippen LogP contribution in [0.4, 0.5) is 5.13 Å². The predicted octanol–water partition coefficient (Wildman–Crippen LogP) is 1.62. The van der Waals surface area contributed by atoms with Gasteiger partial charge in [-0.15, -0.1) is 11.3 Å². The monoisotopic (exact) mass is 595 g/mol. The molecule has 6 atom stereocenters. The van der Waals surface area contributed by atoms with Crippen LogP contribution in [0.5, 0.6) is 0 Å². The number of thiazole rings is 1. The number of aromatic nitrogens is 1. The molecule has 2 saturated heterocycles. The van der Waals surface area contributed by atoms with Crippen molar-refractivity contribution in [3.05, 3.63) is 46.0 Å². The molecule has 2 amide bonds. The van der Waals surface area contributed by atoms with Crippen LogP contribution in [0, 0.1) is 23.2 Å². The van der Waals surface area contributed by atoms with E-state index in [0.717, 1.165) is 57.4 Å². The fraction of sp³-hybridized carbons (Fsp3) is 0.667. The largest absolute Gasteiger partial charge is 0.392 e. The third-order valence-corrected chi connectivity index (χ3v) is 12.1. The number of anilines is 1. The molecule has 1 saturated carbocycles. The van der Waals surface area contributed by atoms with Crippen LogP contribution in [0.2, 0.25) is 0 Å². The summed E-state index contributed by atoms with van der Waals surface area (Å²) in [6, 6.07) is 8.03. The summed E-state index contributed by atoms with van der Waals surface area (Å²) in [5.41, 5.74) is 2.87. The lowest BCUT2D eigenvalue weighted by Gasteiger charge is -2.53. The van der Waals surface area contributed by atoms with Crippen molar-refractivity contribution in [2.24, 2.45) is 23.2 Å². The predicted molar refractivity (Wildman–Crippen MR) is 165 cm³/mol. The van der Waals surface area contributed by atoms with Gasteiger partial charge in [-0.2, -0.15) is 0 Å². The fourth-order valence-corrected chi connectivity index (χ4v) is 9.71. The second-order valence-electron chi connectivity index (χ2n) is 14.0. The zero-order valence-electron chi connectivity index (χ0n) is 25.7. The molecule has 2 aromatic rings. The Hall–Kier alpha value is -2.33. The van der Waals surface area contributed by atoms with Crippen LogP contribution in [0.3, 0.4) is 0 Å². The van der Waals surface area contributed by atoms with Crippen LogP contribution in [0.15, 0.2) is 24.3 Å². The number of aliphatic hydroxyl groups excluding tert-OH is 1. The van der Waals surface area contributed by atoms with Crippen molar-refractivity contribution in [2.75, 3.05) is 51.6 Å². The van der Waals surface area contributed by atoms with E-state index in [9.17, 15) is 14.7 Å². The molecule has 0 spiro atoms. The number of carbonyl (C=O) groups is 2. The van der Waals surface area contributed by atoms with Crippen molar-refractivity contribution < 1.29 is 24.5 Å². The van der Waals surface area contributed by atoms with Crippen molar-refractivity contribution in [3.63, 3.8) is 0 Å². The number of fused-ring (bicyclic) bond motifs is 2. The van der Waals surface area contributed by atoms with Gasteiger partial charge >= 0.3 is 0 Å². The SMILES string of the molecule is C[C@H](C(=O)N1CCCC1)[C@H]1CC[C@]2(C)Cc3sc(NC(=O)c4ccc(C[NH+]5CC[NH+](C)CC5)cc4)nc3[C@@H](C)[C@@H]2[C@H]1O. The Kier molecular flexibility index (Phi) is 8.48. The van der Waals surface area contributed by atoms with Gasteiger partial charge < -0.3 is 19.8 Å². The number of likely N-dealkylation sites (N-methyl/N-ethyl adjacent to an activating group) is 1. The molecule has 4 N–H and O–H groups in total. The summed E-state index contributed by atoms with van der Waals surface area (Å²) < 4.78 is 0. The zero-order chi connectivity index (χ0) is 29.6. The molecule has 228 valence electrons. The van der Waals surface area contributed by atoms with Crippen molar-refractivity contribution >= 4 is 28.3 Å². The Morgan fingerprint density at radius 1 is 1.17 bits per heavy atom. The van der Waals surface area contributed by atoms with Gasteiger partial charge in [0.15, 0.2) is 5.13 Å². The summed E-state index contributed by atoms with van der Waals surface area (Å²) in [4.78, 5) is 37.7. The maximum absolute atomic E-state index is 13.2. The lowest BCUT2D eigenvalue weighted by atomic mass is 9.53. The van der Waals surface area contributed by atoms with E-state index in [0.29, 0.717) is 10.7 Å². The Bertz CT molecular complexity index is 1280. The van der Waals surface area contributed by atoms with E-state index in [2.05, 4.69) is 38.3 Å². The van der Waals surface area contributed by atoms with E-state index >= 15 is 0 Å². The zero-order valence-corrected chi connectivity index (χ0v) is 26.6. The molecule has 8 nitrogen and oxygen atoms in total. The average molecular weight is 596 g/mol. The molecule has 2 aliphatic carbocycles. The van der Waals surface area contributed by atoms with E-state index < -0.39 is 6.10 Å². The molecule has 0 radical (unpaired) electrons. The van der Waals surface area contributed by atoms with Gasteiger partial charge in [0.05, 0.1) is 18.8 Å². The molecule has 0 bridgehead atoms. The van der Waals surface area contributed by atoms with Crippen molar-refractivity contribution in [3.8, 4) is 0 Å². The third-order valence-electron chi connectivity index (χ3n) is 11.1. The fourth-order valence-electron chi connectivity index (χ4n) is 8.45. The molecule has 1 aromatic carbocycles. The topological polar surface area (TPSA) is 91.4 Å². The van der Waals surface area contributed by atoms with Crippen LogP contribution < -0.4 is 15.1 Å². The van der Waals surface area contributed by atoms with Crippen molar-refractivity contribution in [1.29, 1.82) is 0 Å². The Morgan fingerprint density at radius 3 is 2.55 bits per heavy atom. The molecule has 0 unspecified atom stereocenters. The summed E-state index contributed by atoms with van der Waals surface area (Å²) in [6.45, 7) is 14.0. The molecule has 1 aromatic heterocycles. The minimum Gasteiger partial charge on any atom is -0.392 e. The highest BCUT2D eigenvalue weighted by atomic mass is 32.1. The van der Waals surface area contributed by atoms with E-state index in [1.54, 1.807) is 21.1 Å². The molecule has 6 rings (SSSR count). The average Bonchev–Trinajstić information content (AvgIpc) is 3.64. The maximum Gasteiger partial charge on any atom is 0.257 e. The van der Waals surface area contributed by atoms with Crippen molar-refractivity contribution in [1.82, 2.24) is 9.88 Å². The third kappa shape index (κ3) is 5.77. The number of amides is 2. The molecule has 3 fully saturated rings. The number of aliphatic hydroxyl groups is 1. The molecule has 9 heteroatoms. The molecule has 42 heavy (non-hydrogen) atoms. The number of hydrogen-bond acceptors (Lipinski definition) is 5. The van der Waals surface area contributed by atoms with Crippen LogP contribution in [0.25, 0.3) is 0 Å². The lowest BCUT2D eigenvalue weighted by Crippen LogP contribution is -3.26. The molecular formula is C33H49N5O3S+2. The number of carbonyl (C=O) groups excluding carboxylic acids is 2. The van der Waals surface area contributed by atoms with E-state index in [-0.39, 0.29) is 40.9 Å². The second-order valence-corrected chi connectivity index (χ2v) is 15.1.